The molecule has 1 aliphatic rings. The first kappa shape index (κ1) is 16.2. The molecule has 0 saturated carbocycles. The summed E-state index contributed by atoms with van der Waals surface area (Å²) in [4.78, 5) is 0. The fraction of sp³-hybridized carbons (Fsp3) is 0.538. The van der Waals surface area contributed by atoms with E-state index >= 15 is 0 Å². The summed E-state index contributed by atoms with van der Waals surface area (Å²) in [5, 5.41) is 0. The molecule has 118 valence electrons. The third-order valence-electron chi connectivity index (χ3n) is 3.48. The summed E-state index contributed by atoms with van der Waals surface area (Å²) in [6.07, 6.45) is -4.15. The number of sulfonamides is 1. The summed E-state index contributed by atoms with van der Waals surface area (Å²) in [6, 6.07) is 3.18. The van der Waals surface area contributed by atoms with Gasteiger partial charge in [-0.05, 0) is 18.9 Å². The monoisotopic (exact) mass is 325 g/mol. The van der Waals surface area contributed by atoms with Crippen molar-refractivity contribution >= 4 is 10.0 Å². The van der Waals surface area contributed by atoms with Crippen molar-refractivity contribution in [3.05, 3.63) is 35.6 Å². The highest BCUT2D eigenvalue weighted by molar-refractivity contribution is 7.88. The Morgan fingerprint density at radius 3 is 2.48 bits per heavy atom. The molecule has 21 heavy (non-hydrogen) atoms. The number of piperidine rings is 1. The maximum Gasteiger partial charge on any atom is 0.405 e. The Morgan fingerprint density at radius 2 is 1.86 bits per heavy atom. The second-order valence-electron chi connectivity index (χ2n) is 5.01. The van der Waals surface area contributed by atoms with Crippen LogP contribution in [0, 0.1) is 5.82 Å². The zero-order valence-corrected chi connectivity index (χ0v) is 11.9. The van der Waals surface area contributed by atoms with E-state index < -0.39 is 33.8 Å². The summed E-state index contributed by atoms with van der Waals surface area (Å²) in [5.41, 5.74) is -0.121. The van der Waals surface area contributed by atoms with E-state index in [1.165, 1.54) is 18.2 Å². The maximum absolute atomic E-state index is 13.5. The third-order valence-corrected chi connectivity index (χ3v) is 5.31. The van der Waals surface area contributed by atoms with Crippen LogP contribution in [0.2, 0.25) is 0 Å². The molecule has 1 fully saturated rings. The molecule has 0 aliphatic carbocycles. The first-order chi connectivity index (χ1) is 9.72. The van der Waals surface area contributed by atoms with E-state index in [2.05, 4.69) is 0 Å². The normalized spacial score (nSPS) is 21.4. The van der Waals surface area contributed by atoms with Crippen molar-refractivity contribution in [3.8, 4) is 0 Å². The van der Waals surface area contributed by atoms with Crippen LogP contribution >= 0.6 is 0 Å². The smallest absolute Gasteiger partial charge is 0.212 e. The van der Waals surface area contributed by atoms with Crippen molar-refractivity contribution in [2.24, 2.45) is 0 Å². The van der Waals surface area contributed by atoms with Gasteiger partial charge in [0.05, 0.1) is 5.75 Å². The van der Waals surface area contributed by atoms with Crippen LogP contribution < -0.4 is 0 Å². The third kappa shape index (κ3) is 3.74. The Balaban J connectivity index is 2.27. The van der Waals surface area contributed by atoms with Crippen LogP contribution in [-0.2, 0) is 15.8 Å². The second-order valence-corrected chi connectivity index (χ2v) is 6.93. The largest absolute Gasteiger partial charge is 0.405 e. The van der Waals surface area contributed by atoms with E-state index in [-0.39, 0.29) is 18.5 Å². The van der Waals surface area contributed by atoms with Gasteiger partial charge in [-0.15, -0.1) is 0 Å². The SMILES string of the molecule is O=S(=O)(Cc1ccccc1F)N1CCCCC1C(F)(F)F. The van der Waals surface area contributed by atoms with E-state index in [1.54, 1.807) is 0 Å². The van der Waals surface area contributed by atoms with E-state index in [0.717, 1.165) is 6.07 Å². The van der Waals surface area contributed by atoms with Crippen molar-refractivity contribution in [3.63, 3.8) is 0 Å². The van der Waals surface area contributed by atoms with Gasteiger partial charge in [0.1, 0.15) is 11.9 Å². The van der Waals surface area contributed by atoms with Crippen LogP contribution in [0.15, 0.2) is 24.3 Å². The standard InChI is InChI=1S/C13H15F4NO2S/c14-11-6-2-1-5-10(11)9-21(19,20)18-8-4-3-7-12(18)13(15,16)17/h1-2,5-6,12H,3-4,7-9H2. The summed E-state index contributed by atoms with van der Waals surface area (Å²) in [6.45, 7) is -0.180. The Bertz CT molecular complexity index is 600. The fourth-order valence-electron chi connectivity index (χ4n) is 2.46. The van der Waals surface area contributed by atoms with Crippen molar-refractivity contribution in [2.45, 2.75) is 37.2 Å². The zero-order valence-electron chi connectivity index (χ0n) is 11.1. The van der Waals surface area contributed by atoms with E-state index in [9.17, 15) is 26.0 Å². The van der Waals surface area contributed by atoms with Crippen LogP contribution in [-0.4, -0.2) is 31.5 Å². The average molecular weight is 325 g/mol. The predicted octanol–water partition coefficient (Wildman–Crippen LogP) is 3.07. The highest BCUT2D eigenvalue weighted by Gasteiger charge is 2.48. The number of hydrogen-bond donors (Lipinski definition) is 0. The van der Waals surface area contributed by atoms with Gasteiger partial charge in [-0.1, -0.05) is 24.6 Å². The molecule has 1 heterocycles. The summed E-state index contributed by atoms with van der Waals surface area (Å²) in [5.74, 6) is -1.49. The molecule has 0 amide bonds. The molecular formula is C13H15F4NO2S. The minimum Gasteiger partial charge on any atom is -0.212 e. The second kappa shape index (κ2) is 5.92. The minimum absolute atomic E-state index is 0.121. The molecule has 0 spiro atoms. The summed E-state index contributed by atoms with van der Waals surface area (Å²) in [7, 11) is -4.22. The lowest BCUT2D eigenvalue weighted by Gasteiger charge is -2.35. The Hall–Kier alpha value is -1.15. The Labute approximate surface area is 120 Å². The van der Waals surface area contributed by atoms with E-state index in [0.29, 0.717) is 17.1 Å². The molecule has 0 bridgehead atoms. The topological polar surface area (TPSA) is 37.4 Å². The van der Waals surface area contributed by atoms with Gasteiger partial charge in [-0.3, -0.25) is 0 Å². The quantitative estimate of drug-likeness (QED) is 0.801. The predicted molar refractivity (Wildman–Crippen MR) is 69.4 cm³/mol. The number of hydrogen-bond acceptors (Lipinski definition) is 2. The van der Waals surface area contributed by atoms with Crippen molar-refractivity contribution < 1.29 is 26.0 Å². The molecule has 1 saturated heterocycles. The first-order valence-electron chi connectivity index (χ1n) is 6.51. The van der Waals surface area contributed by atoms with Gasteiger partial charge in [0.25, 0.3) is 0 Å². The van der Waals surface area contributed by atoms with Crippen LogP contribution in [0.1, 0.15) is 24.8 Å². The maximum atomic E-state index is 13.5. The summed E-state index contributed by atoms with van der Waals surface area (Å²) >= 11 is 0. The van der Waals surface area contributed by atoms with Crippen LogP contribution in [0.4, 0.5) is 17.6 Å². The number of alkyl halides is 3. The fourth-order valence-corrected chi connectivity index (χ4v) is 4.27. The molecule has 1 aliphatic heterocycles. The van der Waals surface area contributed by atoms with Gasteiger partial charge in [0, 0.05) is 12.1 Å². The van der Waals surface area contributed by atoms with E-state index in [4.69, 9.17) is 0 Å². The molecule has 1 aromatic rings. The molecule has 8 heteroatoms. The molecule has 0 N–H and O–H groups in total. The first-order valence-corrected chi connectivity index (χ1v) is 8.12. The highest BCUT2D eigenvalue weighted by Crippen LogP contribution is 2.34. The lowest BCUT2D eigenvalue weighted by Crippen LogP contribution is -2.51. The van der Waals surface area contributed by atoms with Gasteiger partial charge in [-0.25, -0.2) is 12.8 Å². The van der Waals surface area contributed by atoms with Gasteiger partial charge < -0.3 is 0 Å². The van der Waals surface area contributed by atoms with E-state index in [1.807, 2.05) is 0 Å². The molecule has 3 nitrogen and oxygen atoms in total. The molecule has 0 aromatic heterocycles. The molecule has 1 unspecified atom stereocenters. The number of halogens is 4. The number of benzene rings is 1. The number of nitrogens with zero attached hydrogens (tertiary/aromatic N) is 1. The van der Waals surface area contributed by atoms with Gasteiger partial charge >= 0.3 is 6.18 Å². The Morgan fingerprint density at radius 1 is 1.19 bits per heavy atom. The van der Waals surface area contributed by atoms with Crippen molar-refractivity contribution in [1.82, 2.24) is 4.31 Å². The molecule has 2 rings (SSSR count). The van der Waals surface area contributed by atoms with Crippen LogP contribution in [0.3, 0.4) is 0 Å². The van der Waals surface area contributed by atoms with Gasteiger partial charge in [0.15, 0.2) is 0 Å². The zero-order chi connectivity index (χ0) is 15.7. The molecule has 1 atom stereocenters. The number of rotatable bonds is 3. The van der Waals surface area contributed by atoms with Gasteiger partial charge in [0.2, 0.25) is 10.0 Å². The molecular weight excluding hydrogens is 310 g/mol. The van der Waals surface area contributed by atoms with Crippen molar-refractivity contribution in [1.29, 1.82) is 0 Å². The minimum atomic E-state index is -4.61. The van der Waals surface area contributed by atoms with Gasteiger partial charge in [-0.2, -0.15) is 17.5 Å². The Kier molecular flexibility index (Phi) is 4.57. The molecule has 1 aromatic carbocycles. The van der Waals surface area contributed by atoms with Crippen molar-refractivity contribution in [2.75, 3.05) is 6.54 Å². The van der Waals surface area contributed by atoms with Crippen LogP contribution in [0.5, 0.6) is 0 Å². The lowest BCUT2D eigenvalue weighted by atomic mass is 10.0. The highest BCUT2D eigenvalue weighted by atomic mass is 32.2. The molecule has 0 radical (unpaired) electrons. The van der Waals surface area contributed by atoms with Crippen LogP contribution in [0.25, 0.3) is 0 Å². The lowest BCUT2D eigenvalue weighted by molar-refractivity contribution is -0.177. The summed E-state index contributed by atoms with van der Waals surface area (Å²) < 4.78 is 77.3. The average Bonchev–Trinajstić information content (AvgIpc) is 2.40.